The maximum absolute atomic E-state index is 12.5. The van der Waals surface area contributed by atoms with Crippen molar-refractivity contribution >= 4 is 23.0 Å². The molecule has 0 saturated heterocycles. The van der Waals surface area contributed by atoms with Crippen molar-refractivity contribution < 1.29 is 17.9 Å². The molecule has 0 spiro atoms. The molecule has 1 aromatic heterocycles. The Morgan fingerprint density at radius 1 is 1.11 bits per heavy atom. The first-order valence-electron chi connectivity index (χ1n) is 8.32. The Morgan fingerprint density at radius 2 is 1.86 bits per heavy atom. The Balaban J connectivity index is 1.54. The molecule has 0 atom stereocenters. The average Bonchev–Trinajstić information content (AvgIpc) is 3.12. The Morgan fingerprint density at radius 3 is 2.57 bits per heavy atom. The zero-order chi connectivity index (χ0) is 20.0. The lowest BCUT2D eigenvalue weighted by Crippen LogP contribution is -2.23. The number of para-hydroxylation sites is 1. The van der Waals surface area contributed by atoms with Gasteiger partial charge in [-0.15, -0.1) is 11.3 Å². The van der Waals surface area contributed by atoms with Gasteiger partial charge < -0.3 is 15.8 Å². The summed E-state index contributed by atoms with van der Waals surface area (Å²) < 4.78 is 43.4. The molecule has 0 aliphatic heterocycles. The molecule has 28 heavy (non-hydrogen) atoms. The van der Waals surface area contributed by atoms with E-state index in [1.807, 2.05) is 42.5 Å². The van der Waals surface area contributed by atoms with E-state index >= 15 is 0 Å². The van der Waals surface area contributed by atoms with Crippen LogP contribution in [0.3, 0.4) is 0 Å². The van der Waals surface area contributed by atoms with Gasteiger partial charge in [0.05, 0.1) is 5.01 Å². The topological polar surface area (TPSA) is 72.5 Å². The van der Waals surface area contributed by atoms with Crippen molar-refractivity contribution in [3.05, 3.63) is 70.7 Å². The third kappa shape index (κ3) is 5.71. The summed E-state index contributed by atoms with van der Waals surface area (Å²) in [5.41, 5.74) is 5.65. The predicted octanol–water partition coefficient (Wildman–Crippen LogP) is 4.92. The van der Waals surface area contributed by atoms with Crippen LogP contribution in [0.4, 0.5) is 18.9 Å². The maximum Gasteiger partial charge on any atom is 0.434 e. The standard InChI is InChI=1S/C19H17F3N4OS/c20-19(21,22)16-12-28-17(26-16)9-10-24-18(23)25-13-5-4-8-15(11-13)27-14-6-2-1-3-7-14/h1-8,11-12H,9-10H2,(H3,23,24,25). The summed E-state index contributed by atoms with van der Waals surface area (Å²) in [6.45, 7) is 0.226. The first-order valence-corrected chi connectivity index (χ1v) is 9.19. The lowest BCUT2D eigenvalue weighted by molar-refractivity contribution is -0.140. The Hall–Kier alpha value is -3.07. The van der Waals surface area contributed by atoms with E-state index in [4.69, 9.17) is 10.5 Å². The molecular weight excluding hydrogens is 389 g/mol. The summed E-state index contributed by atoms with van der Waals surface area (Å²) in [5, 5.41) is 4.30. The van der Waals surface area contributed by atoms with E-state index in [0.29, 0.717) is 22.2 Å². The minimum absolute atomic E-state index is 0.157. The van der Waals surface area contributed by atoms with E-state index in [0.717, 1.165) is 16.7 Å². The fourth-order valence-corrected chi connectivity index (χ4v) is 3.07. The highest BCUT2D eigenvalue weighted by Gasteiger charge is 2.33. The SMILES string of the molecule is NC(=NCCc1nc(C(F)(F)F)cs1)Nc1cccc(Oc2ccccc2)c1. The zero-order valence-electron chi connectivity index (χ0n) is 14.6. The number of ether oxygens (including phenoxy) is 1. The second-order valence-corrected chi connectivity index (χ2v) is 6.65. The highest BCUT2D eigenvalue weighted by Crippen LogP contribution is 2.30. The molecule has 0 amide bonds. The van der Waals surface area contributed by atoms with Gasteiger partial charge >= 0.3 is 6.18 Å². The molecule has 0 radical (unpaired) electrons. The quantitative estimate of drug-likeness (QED) is 0.450. The first-order chi connectivity index (χ1) is 13.4. The number of aromatic nitrogens is 1. The lowest BCUT2D eigenvalue weighted by atomic mass is 10.3. The van der Waals surface area contributed by atoms with Crippen LogP contribution >= 0.6 is 11.3 Å². The number of nitrogens with two attached hydrogens (primary N) is 1. The smallest absolute Gasteiger partial charge is 0.434 e. The molecule has 146 valence electrons. The third-order valence-corrected chi connectivity index (χ3v) is 4.44. The van der Waals surface area contributed by atoms with E-state index in [1.165, 1.54) is 0 Å². The number of halogens is 3. The van der Waals surface area contributed by atoms with Crippen LogP contribution in [-0.2, 0) is 12.6 Å². The molecule has 0 saturated carbocycles. The van der Waals surface area contributed by atoms with Crippen molar-refractivity contribution in [1.29, 1.82) is 0 Å². The van der Waals surface area contributed by atoms with Crippen LogP contribution < -0.4 is 15.8 Å². The molecule has 0 bridgehead atoms. The molecular formula is C19H17F3N4OS. The van der Waals surface area contributed by atoms with Gasteiger partial charge in [0.25, 0.3) is 0 Å². The van der Waals surface area contributed by atoms with Crippen molar-refractivity contribution in [1.82, 2.24) is 4.98 Å². The highest BCUT2D eigenvalue weighted by atomic mass is 32.1. The predicted molar refractivity (Wildman–Crippen MR) is 104 cm³/mol. The number of hydrogen-bond acceptors (Lipinski definition) is 4. The Labute approximate surface area is 163 Å². The van der Waals surface area contributed by atoms with Crippen LogP contribution in [0.2, 0.25) is 0 Å². The van der Waals surface area contributed by atoms with Crippen molar-refractivity contribution in [2.24, 2.45) is 10.7 Å². The molecule has 3 aromatic rings. The lowest BCUT2D eigenvalue weighted by Gasteiger charge is -2.09. The average molecular weight is 406 g/mol. The van der Waals surface area contributed by atoms with Gasteiger partial charge in [-0.25, -0.2) is 4.98 Å². The third-order valence-electron chi connectivity index (χ3n) is 3.54. The highest BCUT2D eigenvalue weighted by molar-refractivity contribution is 7.09. The molecule has 0 fully saturated rings. The Kier molecular flexibility index (Phi) is 6.15. The number of nitrogens with zero attached hydrogens (tertiary/aromatic N) is 2. The number of rotatable bonds is 6. The zero-order valence-corrected chi connectivity index (χ0v) is 15.4. The fraction of sp³-hybridized carbons (Fsp3) is 0.158. The van der Waals surface area contributed by atoms with Gasteiger partial charge in [-0.2, -0.15) is 13.2 Å². The molecule has 9 heteroatoms. The van der Waals surface area contributed by atoms with Crippen LogP contribution in [0.5, 0.6) is 11.5 Å². The van der Waals surface area contributed by atoms with Crippen LogP contribution in [0.1, 0.15) is 10.7 Å². The number of aliphatic imine (C=N–C) groups is 1. The van der Waals surface area contributed by atoms with Gasteiger partial charge in [0, 0.05) is 30.1 Å². The van der Waals surface area contributed by atoms with E-state index in [-0.39, 0.29) is 18.9 Å². The molecule has 1 heterocycles. The van der Waals surface area contributed by atoms with Crippen molar-refractivity contribution in [3.8, 4) is 11.5 Å². The van der Waals surface area contributed by atoms with Crippen molar-refractivity contribution in [3.63, 3.8) is 0 Å². The van der Waals surface area contributed by atoms with Crippen molar-refractivity contribution in [2.75, 3.05) is 11.9 Å². The molecule has 3 N–H and O–H groups in total. The molecule has 0 aliphatic carbocycles. The van der Waals surface area contributed by atoms with E-state index in [1.54, 1.807) is 12.1 Å². The molecule has 3 rings (SSSR count). The van der Waals surface area contributed by atoms with Gasteiger partial charge in [-0.3, -0.25) is 4.99 Å². The Bertz CT molecular complexity index is 942. The fourth-order valence-electron chi connectivity index (χ4n) is 2.28. The van der Waals surface area contributed by atoms with E-state index < -0.39 is 11.9 Å². The van der Waals surface area contributed by atoms with Gasteiger partial charge in [0.2, 0.25) is 0 Å². The largest absolute Gasteiger partial charge is 0.457 e. The molecule has 0 aliphatic rings. The summed E-state index contributed by atoms with van der Waals surface area (Å²) in [7, 11) is 0. The summed E-state index contributed by atoms with van der Waals surface area (Å²) in [6.07, 6.45) is -4.15. The van der Waals surface area contributed by atoms with E-state index in [9.17, 15) is 13.2 Å². The summed E-state index contributed by atoms with van der Waals surface area (Å²) in [5.74, 6) is 1.50. The number of nitrogens with one attached hydrogen (secondary N) is 1. The van der Waals surface area contributed by atoms with Gasteiger partial charge in [-0.05, 0) is 24.3 Å². The number of guanidine groups is 1. The number of hydrogen-bond donors (Lipinski definition) is 2. The van der Waals surface area contributed by atoms with Crippen LogP contribution in [-0.4, -0.2) is 17.5 Å². The number of thiazole rings is 1. The van der Waals surface area contributed by atoms with Crippen LogP contribution in [0, 0.1) is 0 Å². The monoisotopic (exact) mass is 406 g/mol. The van der Waals surface area contributed by atoms with Crippen LogP contribution in [0.15, 0.2) is 65.0 Å². The van der Waals surface area contributed by atoms with Crippen molar-refractivity contribution in [2.45, 2.75) is 12.6 Å². The summed E-state index contributed by atoms with van der Waals surface area (Å²) in [6, 6.07) is 16.5. The number of benzene rings is 2. The summed E-state index contributed by atoms with van der Waals surface area (Å²) in [4.78, 5) is 7.69. The van der Waals surface area contributed by atoms with Gasteiger partial charge in [0.15, 0.2) is 11.7 Å². The van der Waals surface area contributed by atoms with E-state index in [2.05, 4.69) is 15.3 Å². The normalized spacial score (nSPS) is 12.0. The number of anilines is 1. The van der Waals surface area contributed by atoms with Gasteiger partial charge in [0.1, 0.15) is 11.5 Å². The number of alkyl halides is 3. The molecule has 2 aromatic carbocycles. The second kappa shape index (κ2) is 8.75. The minimum atomic E-state index is -4.43. The van der Waals surface area contributed by atoms with Gasteiger partial charge in [-0.1, -0.05) is 24.3 Å². The summed E-state index contributed by atoms with van der Waals surface area (Å²) >= 11 is 0.957. The first kappa shape index (κ1) is 19.7. The minimum Gasteiger partial charge on any atom is -0.457 e. The molecule has 5 nitrogen and oxygen atoms in total. The van der Waals surface area contributed by atoms with Crippen LogP contribution in [0.25, 0.3) is 0 Å². The molecule has 0 unspecified atom stereocenters. The second-order valence-electron chi connectivity index (χ2n) is 5.71. The maximum atomic E-state index is 12.5.